The number of aliphatic hydroxyl groups excluding tert-OH is 1. The summed E-state index contributed by atoms with van der Waals surface area (Å²) in [5.74, 6) is -1.49. The number of allylic oxidation sites excluding steroid dienone is 8. The molecule has 0 saturated carbocycles. The van der Waals surface area contributed by atoms with Gasteiger partial charge in [0.15, 0.2) is 6.10 Å². The minimum atomic E-state index is -4.75. The van der Waals surface area contributed by atoms with Crippen LogP contribution in [0.5, 0.6) is 0 Å². The van der Waals surface area contributed by atoms with E-state index in [4.69, 9.17) is 23.3 Å². The average Bonchev–Trinajstić information content (AvgIpc) is 3.35. The molecule has 0 aliphatic rings. The average molecular weight is 1010 g/mol. The number of hydrogen-bond acceptors (Lipinski definition) is 10. The van der Waals surface area contributed by atoms with E-state index in [1.807, 2.05) is 0 Å². The van der Waals surface area contributed by atoms with E-state index in [-0.39, 0.29) is 25.9 Å². The second-order valence-corrected chi connectivity index (χ2v) is 20.5. The molecule has 0 aliphatic carbocycles. The first-order valence-corrected chi connectivity index (χ1v) is 30.0. The van der Waals surface area contributed by atoms with Gasteiger partial charge in [-0.25, -0.2) is 4.57 Å². The molecule has 70 heavy (non-hydrogen) atoms. The molecule has 0 saturated heterocycles. The zero-order valence-electron chi connectivity index (χ0n) is 45.0. The molecule has 0 aromatic heterocycles. The summed E-state index contributed by atoms with van der Waals surface area (Å²) >= 11 is 0. The van der Waals surface area contributed by atoms with Crippen LogP contribution in [0.3, 0.4) is 0 Å². The Labute approximate surface area is 428 Å². The molecule has 0 aromatic carbocycles. The zero-order valence-corrected chi connectivity index (χ0v) is 45.9. The highest BCUT2D eigenvalue weighted by molar-refractivity contribution is 7.47. The lowest BCUT2D eigenvalue weighted by Crippen LogP contribution is -2.30. The predicted molar refractivity (Wildman–Crippen MR) is 289 cm³/mol. The Kier molecular flexibility index (Phi) is 50.8. The number of hydrogen-bond donors (Lipinski definition) is 2. The van der Waals surface area contributed by atoms with E-state index in [0.717, 1.165) is 77.0 Å². The SMILES string of the molecule is CC/C=C\C/C=C\C/C=C\CCCCCC(=O)OC(COC(=O)CCCCCCCCCCC/C=C\CCCCCCCC)COP(=O)(O)OCC(CO)OC(=O)CCCCCCCCCCCCC. The van der Waals surface area contributed by atoms with Crippen LogP contribution in [0.25, 0.3) is 0 Å². The smallest absolute Gasteiger partial charge is 0.462 e. The van der Waals surface area contributed by atoms with E-state index < -0.39 is 57.8 Å². The molecule has 0 bridgehead atoms. The van der Waals surface area contributed by atoms with Crippen LogP contribution >= 0.6 is 7.82 Å². The quantitative estimate of drug-likeness (QED) is 0.0197. The molecule has 11 nitrogen and oxygen atoms in total. The summed E-state index contributed by atoms with van der Waals surface area (Å²) in [5, 5.41) is 9.78. The Hall–Kier alpha value is -2.56. The number of phosphoric ester groups is 1. The van der Waals surface area contributed by atoms with Crippen molar-refractivity contribution in [1.29, 1.82) is 0 Å². The monoisotopic (exact) mass is 1010 g/mol. The molecule has 0 spiro atoms. The van der Waals surface area contributed by atoms with Crippen LogP contribution in [0.1, 0.15) is 265 Å². The van der Waals surface area contributed by atoms with Gasteiger partial charge in [0.05, 0.1) is 19.8 Å². The Balaban J connectivity index is 4.70. The molecule has 3 unspecified atom stereocenters. The van der Waals surface area contributed by atoms with E-state index in [1.54, 1.807) is 0 Å². The number of ether oxygens (including phenoxy) is 3. The molecule has 3 atom stereocenters. The number of rotatable bonds is 53. The van der Waals surface area contributed by atoms with Crippen molar-refractivity contribution >= 4 is 25.7 Å². The third-order valence-electron chi connectivity index (χ3n) is 12.2. The maximum absolute atomic E-state index is 12.9. The van der Waals surface area contributed by atoms with Crippen LogP contribution in [-0.4, -0.2) is 66.5 Å². The molecule has 12 heteroatoms. The van der Waals surface area contributed by atoms with Gasteiger partial charge in [-0.05, 0) is 77.0 Å². The maximum Gasteiger partial charge on any atom is 0.472 e. The number of carbonyl (C=O) groups is 3. The van der Waals surface area contributed by atoms with Crippen LogP contribution in [0.2, 0.25) is 0 Å². The van der Waals surface area contributed by atoms with Crippen molar-refractivity contribution in [1.82, 2.24) is 0 Å². The minimum Gasteiger partial charge on any atom is -0.462 e. The van der Waals surface area contributed by atoms with Crippen molar-refractivity contribution in [2.24, 2.45) is 0 Å². The molecule has 0 aliphatic heterocycles. The van der Waals surface area contributed by atoms with Crippen LogP contribution in [-0.2, 0) is 42.2 Å². The van der Waals surface area contributed by atoms with Gasteiger partial charge in [-0.1, -0.05) is 217 Å². The highest BCUT2D eigenvalue weighted by Gasteiger charge is 2.28. The highest BCUT2D eigenvalue weighted by atomic mass is 31.2. The molecule has 0 radical (unpaired) electrons. The first kappa shape index (κ1) is 67.4. The van der Waals surface area contributed by atoms with E-state index in [1.165, 1.54) is 128 Å². The van der Waals surface area contributed by atoms with E-state index in [9.17, 15) is 28.9 Å². The van der Waals surface area contributed by atoms with Gasteiger partial charge >= 0.3 is 25.7 Å². The summed E-state index contributed by atoms with van der Waals surface area (Å²) in [5.41, 5.74) is 0. The molecule has 0 fully saturated rings. The van der Waals surface area contributed by atoms with Gasteiger partial charge in [-0.2, -0.15) is 0 Å². The van der Waals surface area contributed by atoms with Crippen LogP contribution in [0, 0.1) is 0 Å². The first-order chi connectivity index (χ1) is 34.2. The number of aliphatic hydroxyl groups is 1. The summed E-state index contributed by atoms with van der Waals surface area (Å²) in [6, 6.07) is 0. The van der Waals surface area contributed by atoms with Crippen LogP contribution in [0.4, 0.5) is 0 Å². The molecule has 408 valence electrons. The molecule has 0 heterocycles. The molecule has 2 N–H and O–H groups in total. The van der Waals surface area contributed by atoms with Crippen molar-refractivity contribution < 1.29 is 52.2 Å². The van der Waals surface area contributed by atoms with E-state index in [0.29, 0.717) is 19.3 Å². The maximum atomic E-state index is 12.9. The van der Waals surface area contributed by atoms with Gasteiger partial charge in [0.25, 0.3) is 0 Å². The fourth-order valence-corrected chi connectivity index (χ4v) is 8.68. The van der Waals surface area contributed by atoms with Gasteiger partial charge in [0, 0.05) is 19.3 Å². The van der Waals surface area contributed by atoms with Gasteiger partial charge in [-0.15, -0.1) is 0 Å². The normalized spacial score (nSPS) is 13.7. The fourth-order valence-electron chi connectivity index (χ4n) is 7.90. The van der Waals surface area contributed by atoms with E-state index >= 15 is 0 Å². The number of unbranched alkanes of at least 4 members (excludes halogenated alkanes) is 28. The van der Waals surface area contributed by atoms with E-state index in [2.05, 4.69) is 69.4 Å². The molecular weight excluding hydrogens is 904 g/mol. The Morgan fingerprint density at radius 1 is 0.414 bits per heavy atom. The van der Waals surface area contributed by atoms with Crippen molar-refractivity contribution in [2.45, 2.75) is 277 Å². The summed E-state index contributed by atoms with van der Waals surface area (Å²) in [4.78, 5) is 48.4. The third kappa shape index (κ3) is 50.4. The number of carbonyl (C=O) groups excluding carboxylic acids is 3. The largest absolute Gasteiger partial charge is 0.472 e. The van der Waals surface area contributed by atoms with Crippen LogP contribution < -0.4 is 0 Å². The van der Waals surface area contributed by atoms with Gasteiger partial charge < -0.3 is 24.2 Å². The Morgan fingerprint density at radius 3 is 1.17 bits per heavy atom. The minimum absolute atomic E-state index is 0.134. The fraction of sp³-hybridized carbons (Fsp3) is 0.810. The summed E-state index contributed by atoms with van der Waals surface area (Å²) < 4.78 is 39.4. The number of phosphoric acid groups is 1. The van der Waals surface area contributed by atoms with Gasteiger partial charge in [-0.3, -0.25) is 23.4 Å². The Morgan fingerprint density at radius 2 is 0.743 bits per heavy atom. The first-order valence-electron chi connectivity index (χ1n) is 28.5. The van der Waals surface area contributed by atoms with Gasteiger partial charge in [0.1, 0.15) is 12.7 Å². The standard InChI is InChI=1S/C58H105O11P/c1-4-7-10-13-16-19-22-24-25-26-27-28-29-31-33-35-38-41-44-47-56(60)65-51-55(69-58(62)49-46-43-40-37-34-30-23-20-17-14-11-8-5-2)53-67-70(63,64)66-52-54(50-59)68-57(61)48-45-42-39-36-32-21-18-15-12-9-6-3/h8,11,17,20,24-25,30,34,54-55,59H,4-7,9-10,12-16,18-19,21-23,26-29,31-33,35-53H2,1-3H3,(H,63,64)/b11-8-,20-17-,25-24-,34-30-. The van der Waals surface area contributed by atoms with Crippen molar-refractivity contribution in [3.63, 3.8) is 0 Å². The second kappa shape index (κ2) is 52.8. The lowest BCUT2D eigenvalue weighted by Gasteiger charge is -2.21. The van der Waals surface area contributed by atoms with Crippen molar-refractivity contribution in [2.75, 3.05) is 26.4 Å². The van der Waals surface area contributed by atoms with Crippen LogP contribution in [0.15, 0.2) is 48.6 Å². The lowest BCUT2D eigenvalue weighted by atomic mass is 10.1. The summed E-state index contributed by atoms with van der Waals surface area (Å²) in [6.45, 7) is 4.50. The molecule has 0 amide bonds. The topological polar surface area (TPSA) is 155 Å². The van der Waals surface area contributed by atoms with Crippen molar-refractivity contribution in [3.8, 4) is 0 Å². The predicted octanol–water partition coefficient (Wildman–Crippen LogP) is 16.6. The second-order valence-electron chi connectivity index (χ2n) is 19.1. The third-order valence-corrected chi connectivity index (χ3v) is 13.2. The molecule has 0 aromatic rings. The molecular formula is C58H105O11P. The van der Waals surface area contributed by atoms with Gasteiger partial charge in [0.2, 0.25) is 0 Å². The van der Waals surface area contributed by atoms with Crippen molar-refractivity contribution in [3.05, 3.63) is 48.6 Å². The Bertz CT molecular complexity index is 1360. The summed E-state index contributed by atoms with van der Waals surface area (Å²) in [7, 11) is -4.75. The number of esters is 3. The zero-order chi connectivity index (χ0) is 51.3. The molecule has 0 rings (SSSR count). The highest BCUT2D eigenvalue weighted by Crippen LogP contribution is 2.43. The lowest BCUT2D eigenvalue weighted by molar-refractivity contribution is -0.161. The summed E-state index contributed by atoms with van der Waals surface area (Å²) in [6.07, 6.45) is 55.1.